The molecule has 0 radical (unpaired) electrons. The van der Waals surface area contributed by atoms with Crippen molar-refractivity contribution in [3.05, 3.63) is 34.4 Å². The van der Waals surface area contributed by atoms with Gasteiger partial charge in [0.1, 0.15) is 6.10 Å². The van der Waals surface area contributed by atoms with E-state index in [4.69, 9.17) is 14.3 Å². The molecule has 4 aliphatic rings. The third kappa shape index (κ3) is 5.15. The molecule has 1 aromatic rings. The van der Waals surface area contributed by atoms with Crippen LogP contribution < -0.4 is 5.63 Å². The maximum atomic E-state index is 12.5. The molecule has 4 fully saturated rings. The van der Waals surface area contributed by atoms with E-state index in [-0.39, 0.29) is 47.3 Å². The lowest BCUT2D eigenvalue weighted by Gasteiger charge is -2.65. The van der Waals surface area contributed by atoms with Gasteiger partial charge in [-0.25, -0.2) is 4.79 Å². The summed E-state index contributed by atoms with van der Waals surface area (Å²) in [5.74, 6) is -0.591. The van der Waals surface area contributed by atoms with Crippen molar-refractivity contribution < 1.29 is 34.1 Å². The molecule has 0 amide bonds. The predicted molar refractivity (Wildman–Crippen MR) is 148 cm³/mol. The van der Waals surface area contributed by atoms with Gasteiger partial charge in [-0.15, -0.1) is 0 Å². The number of ether oxygens (including phenoxy) is 1. The molecular weight excluding hydrogens is 512 g/mol. The lowest BCUT2D eigenvalue weighted by molar-refractivity contribution is -0.240. The van der Waals surface area contributed by atoms with E-state index in [1.807, 2.05) is 6.07 Å². The number of carbonyl (C=O) groups is 2. The molecular formula is C32H46O8. The Hall–Kier alpha value is -2.19. The lowest BCUT2D eigenvalue weighted by Crippen LogP contribution is -2.66. The Bertz CT molecular complexity index is 1130. The number of unbranched alkanes of at least 4 members (excludes halogenated alkanes) is 3. The van der Waals surface area contributed by atoms with Crippen molar-refractivity contribution in [3.8, 4) is 0 Å². The summed E-state index contributed by atoms with van der Waals surface area (Å²) in [6.45, 7) is 4.41. The zero-order valence-corrected chi connectivity index (χ0v) is 24.0. The molecule has 0 bridgehead atoms. The van der Waals surface area contributed by atoms with Crippen molar-refractivity contribution in [2.75, 3.05) is 0 Å². The van der Waals surface area contributed by atoms with Gasteiger partial charge in [-0.2, -0.15) is 0 Å². The minimum atomic E-state index is -0.889. The fourth-order valence-corrected chi connectivity index (χ4v) is 9.64. The Morgan fingerprint density at radius 3 is 2.48 bits per heavy atom. The summed E-state index contributed by atoms with van der Waals surface area (Å²) in [5.41, 5.74) is -0.974. The molecule has 0 saturated heterocycles. The number of aliphatic hydroxyl groups is 2. The number of hydrogen-bond donors (Lipinski definition) is 3. The molecule has 9 unspecified atom stereocenters. The minimum Gasteiger partial charge on any atom is -0.481 e. The number of aliphatic carboxylic acids is 1. The molecule has 4 aliphatic carbocycles. The number of hydrogen-bond acceptors (Lipinski definition) is 7. The Morgan fingerprint density at radius 2 is 1.77 bits per heavy atom. The Kier molecular flexibility index (Phi) is 8.23. The summed E-state index contributed by atoms with van der Waals surface area (Å²) in [6, 6.07) is 3.25. The Morgan fingerprint density at radius 1 is 1.02 bits per heavy atom. The minimum absolute atomic E-state index is 0.000709. The van der Waals surface area contributed by atoms with Crippen LogP contribution in [0.1, 0.15) is 115 Å². The largest absolute Gasteiger partial charge is 0.481 e. The Balaban J connectivity index is 1.22. The van der Waals surface area contributed by atoms with Gasteiger partial charge in [-0.05, 0) is 105 Å². The molecule has 3 N–H and O–H groups in total. The van der Waals surface area contributed by atoms with Gasteiger partial charge in [0.05, 0.1) is 18.0 Å². The highest BCUT2D eigenvalue weighted by molar-refractivity contribution is 5.69. The highest BCUT2D eigenvalue weighted by Crippen LogP contribution is 2.70. The smallest absolute Gasteiger partial charge is 0.335 e. The first-order valence-corrected chi connectivity index (χ1v) is 15.4. The standard InChI is InChI=1S/C32H46O8/c1-30-15-13-22(40-28(37)8-6-4-3-5-7-26(34)35)17-21(30)10-11-24-29(30)25(33)18-31(2)23(14-16-32(24,31)38)20-9-12-27(36)39-19-20/h9,12,19,21-25,29,33,38H,3-8,10-11,13-18H2,1-2H3,(H,34,35). The van der Waals surface area contributed by atoms with Gasteiger partial charge < -0.3 is 24.5 Å². The maximum absolute atomic E-state index is 12.5. The van der Waals surface area contributed by atoms with Gasteiger partial charge >= 0.3 is 17.6 Å². The molecule has 8 heteroatoms. The number of fused-ring (bicyclic) bond motifs is 5. The molecule has 0 aliphatic heterocycles. The predicted octanol–water partition coefficient (Wildman–Crippen LogP) is 5.19. The average Bonchev–Trinajstić information content (AvgIpc) is 3.17. The van der Waals surface area contributed by atoms with Crippen molar-refractivity contribution in [2.45, 2.75) is 127 Å². The summed E-state index contributed by atoms with van der Waals surface area (Å²) in [7, 11) is 0. The molecule has 1 aromatic heterocycles. The molecule has 5 rings (SSSR count). The van der Waals surface area contributed by atoms with E-state index in [0.29, 0.717) is 31.6 Å². The maximum Gasteiger partial charge on any atom is 0.335 e. The van der Waals surface area contributed by atoms with Crippen LogP contribution in [0.4, 0.5) is 0 Å². The van der Waals surface area contributed by atoms with E-state index in [1.54, 1.807) is 0 Å². The summed E-state index contributed by atoms with van der Waals surface area (Å²) < 4.78 is 11.1. The molecule has 9 atom stereocenters. The molecule has 4 saturated carbocycles. The van der Waals surface area contributed by atoms with Crippen molar-refractivity contribution >= 4 is 11.9 Å². The summed E-state index contributed by atoms with van der Waals surface area (Å²) >= 11 is 0. The molecule has 0 aromatic carbocycles. The molecule has 8 nitrogen and oxygen atoms in total. The highest BCUT2D eigenvalue weighted by Gasteiger charge is 2.69. The van der Waals surface area contributed by atoms with Crippen LogP contribution in [0, 0.1) is 28.6 Å². The Labute approximate surface area is 236 Å². The van der Waals surface area contributed by atoms with E-state index in [2.05, 4.69) is 13.8 Å². The normalized spacial score (nSPS) is 40.5. The quantitative estimate of drug-likeness (QED) is 0.279. The first kappa shape index (κ1) is 29.3. The van der Waals surface area contributed by atoms with Gasteiger partial charge in [-0.1, -0.05) is 26.7 Å². The van der Waals surface area contributed by atoms with Crippen LogP contribution in [0.5, 0.6) is 0 Å². The third-order valence-electron chi connectivity index (χ3n) is 11.7. The van der Waals surface area contributed by atoms with Crippen molar-refractivity contribution in [1.29, 1.82) is 0 Å². The summed E-state index contributed by atoms with van der Waals surface area (Å²) in [6.07, 6.45) is 10.7. The van der Waals surface area contributed by atoms with Gasteiger partial charge in [0.15, 0.2) is 0 Å². The number of esters is 1. The topological polar surface area (TPSA) is 134 Å². The zero-order valence-electron chi connectivity index (χ0n) is 24.0. The highest BCUT2D eigenvalue weighted by atomic mass is 16.5. The fourth-order valence-electron chi connectivity index (χ4n) is 9.64. The number of carboxylic acids is 1. The first-order valence-electron chi connectivity index (χ1n) is 15.4. The van der Waals surface area contributed by atoms with Crippen LogP contribution in [-0.4, -0.2) is 45.1 Å². The van der Waals surface area contributed by atoms with E-state index in [1.165, 1.54) is 12.3 Å². The van der Waals surface area contributed by atoms with Gasteiger partial charge in [0.25, 0.3) is 0 Å². The SMILES string of the molecule is CC12CCC(OC(=O)CCCCCCC(=O)O)CC1CCC1C2C(O)CC2(C)C(c3ccc(=O)oc3)CCC12O. The zero-order chi connectivity index (χ0) is 28.7. The van der Waals surface area contributed by atoms with E-state index >= 15 is 0 Å². The number of carbonyl (C=O) groups excluding carboxylic acids is 1. The second kappa shape index (κ2) is 11.2. The van der Waals surface area contributed by atoms with E-state index in [9.17, 15) is 24.6 Å². The van der Waals surface area contributed by atoms with Crippen LogP contribution >= 0.6 is 0 Å². The summed E-state index contributed by atoms with van der Waals surface area (Å²) in [4.78, 5) is 34.7. The summed E-state index contributed by atoms with van der Waals surface area (Å²) in [5, 5.41) is 32.9. The van der Waals surface area contributed by atoms with E-state index in [0.717, 1.165) is 63.4 Å². The van der Waals surface area contributed by atoms with E-state index < -0.39 is 23.1 Å². The lowest BCUT2D eigenvalue weighted by atomic mass is 9.42. The number of rotatable bonds is 9. The van der Waals surface area contributed by atoms with Crippen LogP contribution in [-0.2, 0) is 14.3 Å². The molecule has 1 heterocycles. The molecule has 222 valence electrons. The van der Waals surface area contributed by atoms with Crippen LogP contribution in [0.25, 0.3) is 0 Å². The van der Waals surface area contributed by atoms with Crippen molar-refractivity contribution in [1.82, 2.24) is 0 Å². The van der Waals surface area contributed by atoms with Crippen molar-refractivity contribution in [2.24, 2.45) is 28.6 Å². The fraction of sp³-hybridized carbons (Fsp3) is 0.781. The van der Waals surface area contributed by atoms with Gasteiger partial charge in [0.2, 0.25) is 0 Å². The van der Waals surface area contributed by atoms with Gasteiger partial charge in [-0.3, -0.25) is 9.59 Å². The molecule has 40 heavy (non-hydrogen) atoms. The molecule has 0 spiro atoms. The van der Waals surface area contributed by atoms with Crippen LogP contribution in [0.15, 0.2) is 27.6 Å². The number of carboxylic acid groups (broad SMARTS) is 1. The third-order valence-corrected chi connectivity index (χ3v) is 11.7. The van der Waals surface area contributed by atoms with Crippen LogP contribution in [0.2, 0.25) is 0 Å². The monoisotopic (exact) mass is 558 g/mol. The average molecular weight is 559 g/mol. The first-order chi connectivity index (χ1) is 19.0. The number of aliphatic hydroxyl groups excluding tert-OH is 1. The van der Waals surface area contributed by atoms with Crippen molar-refractivity contribution in [3.63, 3.8) is 0 Å². The van der Waals surface area contributed by atoms with Crippen LogP contribution in [0.3, 0.4) is 0 Å². The van der Waals surface area contributed by atoms with Gasteiger partial charge in [0, 0.05) is 24.3 Å². The second-order valence-electron chi connectivity index (χ2n) is 13.7. The second-order valence-corrected chi connectivity index (χ2v) is 13.7.